The molecule has 0 aromatic heterocycles. The lowest BCUT2D eigenvalue weighted by molar-refractivity contribution is -0.127. The van der Waals surface area contributed by atoms with Gasteiger partial charge in [-0.3, -0.25) is 14.5 Å². The van der Waals surface area contributed by atoms with Gasteiger partial charge in [0.2, 0.25) is 11.8 Å². The van der Waals surface area contributed by atoms with E-state index in [4.69, 9.17) is 0 Å². The summed E-state index contributed by atoms with van der Waals surface area (Å²) in [5.74, 6) is -0.129. The van der Waals surface area contributed by atoms with Gasteiger partial charge in [0.25, 0.3) is 0 Å². The summed E-state index contributed by atoms with van der Waals surface area (Å²) in [7, 11) is 0. The molecule has 0 radical (unpaired) electrons. The number of carbonyl (C=O) groups excluding carboxylic acids is 2. The van der Waals surface area contributed by atoms with Crippen molar-refractivity contribution in [1.29, 1.82) is 0 Å². The molecule has 2 aromatic carbocycles. The molecule has 0 saturated carbocycles. The first kappa shape index (κ1) is 20.9. The van der Waals surface area contributed by atoms with Gasteiger partial charge in [-0.25, -0.2) is 0 Å². The molecule has 1 unspecified atom stereocenters. The highest BCUT2D eigenvalue weighted by Gasteiger charge is 2.29. The quantitative estimate of drug-likeness (QED) is 0.657. The number of carbonyl (C=O) groups is 2. The lowest BCUT2D eigenvalue weighted by atomic mass is 9.94. The van der Waals surface area contributed by atoms with Gasteiger partial charge in [-0.1, -0.05) is 42.0 Å². The summed E-state index contributed by atoms with van der Waals surface area (Å²) >= 11 is 0. The van der Waals surface area contributed by atoms with Crippen molar-refractivity contribution in [1.82, 2.24) is 10.2 Å². The maximum Gasteiger partial charge on any atom is 0.237 e. The van der Waals surface area contributed by atoms with Crippen molar-refractivity contribution in [3.63, 3.8) is 0 Å². The van der Waals surface area contributed by atoms with Crippen LogP contribution in [0.1, 0.15) is 30.9 Å². The molecule has 1 fully saturated rings. The largest absolute Gasteiger partial charge is 0.506 e. The number of para-hydroxylation sites is 2. The van der Waals surface area contributed by atoms with Crippen molar-refractivity contribution < 1.29 is 14.7 Å². The third kappa shape index (κ3) is 5.57. The van der Waals surface area contributed by atoms with Gasteiger partial charge in [0.1, 0.15) is 5.75 Å². The molecule has 0 spiro atoms. The first-order chi connectivity index (χ1) is 13.9. The molecule has 1 saturated heterocycles. The Hall–Kier alpha value is -2.86. The van der Waals surface area contributed by atoms with Crippen LogP contribution in [0.5, 0.6) is 5.75 Å². The van der Waals surface area contributed by atoms with Gasteiger partial charge in [-0.05, 0) is 57.5 Å². The number of aromatic hydroxyl groups is 1. The Morgan fingerprint density at radius 3 is 2.41 bits per heavy atom. The molecule has 2 aromatic rings. The smallest absolute Gasteiger partial charge is 0.237 e. The van der Waals surface area contributed by atoms with Gasteiger partial charge in [0.05, 0.1) is 11.7 Å². The number of nitrogens with zero attached hydrogens (tertiary/aromatic N) is 1. The fourth-order valence-electron chi connectivity index (χ4n) is 3.57. The van der Waals surface area contributed by atoms with Crippen LogP contribution in [0.3, 0.4) is 0 Å². The van der Waals surface area contributed by atoms with Gasteiger partial charge < -0.3 is 15.7 Å². The summed E-state index contributed by atoms with van der Waals surface area (Å²) in [6.07, 6.45) is 1.38. The van der Waals surface area contributed by atoms with E-state index >= 15 is 0 Å². The van der Waals surface area contributed by atoms with E-state index in [1.165, 1.54) is 5.56 Å². The lowest BCUT2D eigenvalue weighted by Gasteiger charge is -2.34. The van der Waals surface area contributed by atoms with Crippen molar-refractivity contribution in [2.45, 2.75) is 39.3 Å². The van der Waals surface area contributed by atoms with Gasteiger partial charge >= 0.3 is 0 Å². The van der Waals surface area contributed by atoms with E-state index in [0.29, 0.717) is 38.2 Å². The van der Waals surface area contributed by atoms with Gasteiger partial charge in [-0.15, -0.1) is 0 Å². The molecule has 1 aliphatic rings. The maximum atomic E-state index is 12.5. The molecule has 2 amide bonds. The lowest BCUT2D eigenvalue weighted by Crippen LogP contribution is -2.49. The first-order valence-electron chi connectivity index (χ1n) is 10.1. The average molecular weight is 396 g/mol. The van der Waals surface area contributed by atoms with Crippen LogP contribution in [0, 0.1) is 12.8 Å². The standard InChI is InChI=1S/C23H29N3O3/c1-16-7-9-18(10-8-16)15-24-22(28)17(2)26-13-11-19(12-14-26)23(29)25-20-5-3-4-6-21(20)27/h3-10,17,19,27H,11-15H2,1-2H3,(H,24,28)(H,25,29). The van der Waals surface area contributed by atoms with Crippen LogP contribution in [0.15, 0.2) is 48.5 Å². The second-order valence-electron chi connectivity index (χ2n) is 7.70. The second kappa shape index (κ2) is 9.56. The van der Waals surface area contributed by atoms with E-state index in [9.17, 15) is 14.7 Å². The molecule has 0 aliphatic carbocycles. The number of amides is 2. The summed E-state index contributed by atoms with van der Waals surface area (Å²) in [6, 6.07) is 14.6. The van der Waals surface area contributed by atoms with Crippen molar-refractivity contribution in [2.75, 3.05) is 18.4 Å². The zero-order valence-corrected chi connectivity index (χ0v) is 17.0. The fourth-order valence-corrected chi connectivity index (χ4v) is 3.57. The number of aryl methyl sites for hydroxylation is 1. The predicted molar refractivity (Wildman–Crippen MR) is 114 cm³/mol. The molecule has 1 aliphatic heterocycles. The number of hydrogen-bond acceptors (Lipinski definition) is 4. The second-order valence-corrected chi connectivity index (χ2v) is 7.70. The summed E-state index contributed by atoms with van der Waals surface area (Å²) in [4.78, 5) is 27.1. The van der Waals surface area contributed by atoms with E-state index in [1.807, 2.05) is 38.1 Å². The van der Waals surface area contributed by atoms with Gasteiger partial charge in [0, 0.05) is 12.5 Å². The van der Waals surface area contributed by atoms with E-state index in [0.717, 1.165) is 5.56 Å². The topological polar surface area (TPSA) is 81.7 Å². The predicted octanol–water partition coefficient (Wildman–Crippen LogP) is 3.06. The SMILES string of the molecule is Cc1ccc(CNC(=O)C(C)N2CCC(C(=O)Nc3ccccc3O)CC2)cc1. The first-order valence-corrected chi connectivity index (χ1v) is 10.1. The zero-order valence-electron chi connectivity index (χ0n) is 17.0. The number of nitrogens with one attached hydrogen (secondary N) is 2. The molecule has 6 nitrogen and oxygen atoms in total. The summed E-state index contributed by atoms with van der Waals surface area (Å²) in [6.45, 7) is 5.85. The minimum atomic E-state index is -0.234. The Labute approximate surface area is 171 Å². The minimum Gasteiger partial charge on any atom is -0.506 e. The summed E-state index contributed by atoms with van der Waals surface area (Å²) in [5.41, 5.74) is 2.71. The highest BCUT2D eigenvalue weighted by Crippen LogP contribution is 2.25. The van der Waals surface area contributed by atoms with Crippen LogP contribution in [0.2, 0.25) is 0 Å². The van der Waals surface area contributed by atoms with Gasteiger partial charge in [-0.2, -0.15) is 0 Å². The van der Waals surface area contributed by atoms with E-state index in [-0.39, 0.29) is 29.5 Å². The Morgan fingerprint density at radius 1 is 1.10 bits per heavy atom. The number of hydrogen-bond donors (Lipinski definition) is 3. The van der Waals surface area contributed by atoms with Crippen LogP contribution in [-0.4, -0.2) is 41.0 Å². The van der Waals surface area contributed by atoms with Crippen LogP contribution >= 0.6 is 0 Å². The molecule has 3 N–H and O–H groups in total. The van der Waals surface area contributed by atoms with Crippen LogP contribution in [-0.2, 0) is 16.1 Å². The Morgan fingerprint density at radius 2 is 1.76 bits per heavy atom. The number of likely N-dealkylation sites (tertiary alicyclic amines) is 1. The normalized spacial score (nSPS) is 16.2. The number of phenolic OH excluding ortho intramolecular Hbond substituents is 1. The number of piperidine rings is 1. The van der Waals surface area contributed by atoms with Crippen LogP contribution in [0.25, 0.3) is 0 Å². The van der Waals surface area contributed by atoms with E-state index < -0.39 is 0 Å². The molecule has 29 heavy (non-hydrogen) atoms. The average Bonchev–Trinajstić information content (AvgIpc) is 2.74. The monoisotopic (exact) mass is 395 g/mol. The molecule has 0 bridgehead atoms. The number of phenols is 1. The number of anilines is 1. The molecular formula is C23H29N3O3. The van der Waals surface area contributed by atoms with Crippen molar-refractivity contribution in [3.8, 4) is 5.75 Å². The number of rotatable bonds is 6. The molecule has 3 rings (SSSR count). The van der Waals surface area contributed by atoms with E-state index in [1.54, 1.807) is 24.3 Å². The Bertz CT molecular complexity index is 843. The third-order valence-corrected chi connectivity index (χ3v) is 5.58. The maximum absolute atomic E-state index is 12.5. The molecule has 1 atom stereocenters. The minimum absolute atomic E-state index is 0.00249. The highest BCUT2D eigenvalue weighted by atomic mass is 16.3. The Kier molecular flexibility index (Phi) is 6.88. The summed E-state index contributed by atoms with van der Waals surface area (Å²) in [5, 5.41) is 15.6. The fraction of sp³-hybridized carbons (Fsp3) is 0.391. The molecule has 1 heterocycles. The van der Waals surface area contributed by atoms with Crippen molar-refractivity contribution in [3.05, 3.63) is 59.7 Å². The van der Waals surface area contributed by atoms with E-state index in [2.05, 4.69) is 15.5 Å². The molecule has 6 heteroatoms. The van der Waals surface area contributed by atoms with Crippen molar-refractivity contribution in [2.24, 2.45) is 5.92 Å². The van der Waals surface area contributed by atoms with Gasteiger partial charge in [0.15, 0.2) is 0 Å². The van der Waals surface area contributed by atoms with Crippen molar-refractivity contribution >= 4 is 17.5 Å². The third-order valence-electron chi connectivity index (χ3n) is 5.58. The molecule has 154 valence electrons. The Balaban J connectivity index is 1.45. The summed E-state index contributed by atoms with van der Waals surface area (Å²) < 4.78 is 0. The zero-order chi connectivity index (χ0) is 20.8. The highest BCUT2D eigenvalue weighted by molar-refractivity contribution is 5.94. The van der Waals surface area contributed by atoms with Crippen LogP contribution < -0.4 is 10.6 Å². The molecular weight excluding hydrogens is 366 g/mol. The number of benzene rings is 2. The van der Waals surface area contributed by atoms with Crippen LogP contribution in [0.4, 0.5) is 5.69 Å².